The Morgan fingerprint density at radius 2 is 1.86 bits per heavy atom. The number of pyridine rings is 1. The summed E-state index contributed by atoms with van der Waals surface area (Å²) in [4.78, 5) is 31.3. The summed E-state index contributed by atoms with van der Waals surface area (Å²) in [5.74, 6) is -0.134. The van der Waals surface area contributed by atoms with Gasteiger partial charge in [0.15, 0.2) is 5.78 Å². The highest BCUT2D eigenvalue weighted by Crippen LogP contribution is 2.40. The zero-order valence-electron chi connectivity index (χ0n) is 15.5. The molecule has 1 amide bonds. The van der Waals surface area contributed by atoms with Crippen LogP contribution in [0.4, 0.5) is 4.79 Å². The van der Waals surface area contributed by atoms with Crippen LogP contribution in [0.15, 0.2) is 48.8 Å². The number of ether oxygens (including phenoxy) is 1. The standard InChI is InChI=1S/C22H21N3O3/c23-11-16-8-18(13-24-12-16)21(26)17-9-19-6-7-20(10-17)25(19)22(27)28-14-15-4-2-1-3-5-15/h1-5,8,12-13,17,19-20H,6-7,9-10,14H2. The molecule has 2 bridgehead atoms. The molecule has 2 fully saturated rings. The normalized spacial score (nSPS) is 23.1. The van der Waals surface area contributed by atoms with Crippen molar-refractivity contribution in [1.82, 2.24) is 9.88 Å². The summed E-state index contributed by atoms with van der Waals surface area (Å²) in [6, 6.07) is 13.3. The topological polar surface area (TPSA) is 83.3 Å². The van der Waals surface area contributed by atoms with Crippen molar-refractivity contribution in [3.63, 3.8) is 0 Å². The van der Waals surface area contributed by atoms with E-state index in [2.05, 4.69) is 4.98 Å². The largest absolute Gasteiger partial charge is 0.445 e. The molecule has 2 unspecified atom stereocenters. The van der Waals surface area contributed by atoms with Crippen molar-refractivity contribution in [2.24, 2.45) is 5.92 Å². The Hall–Kier alpha value is -3.20. The van der Waals surface area contributed by atoms with Gasteiger partial charge in [-0.25, -0.2) is 4.79 Å². The molecule has 2 saturated heterocycles. The van der Waals surface area contributed by atoms with Gasteiger partial charge in [-0.2, -0.15) is 5.26 Å². The minimum atomic E-state index is -0.296. The molecular formula is C22H21N3O3. The number of benzene rings is 1. The lowest BCUT2D eigenvalue weighted by Crippen LogP contribution is -2.48. The molecule has 4 rings (SSSR count). The molecule has 0 N–H and O–H groups in total. The van der Waals surface area contributed by atoms with Gasteiger partial charge in [0.05, 0.1) is 5.56 Å². The fourth-order valence-electron chi connectivity index (χ4n) is 4.35. The number of hydrogen-bond donors (Lipinski definition) is 0. The number of rotatable bonds is 4. The van der Waals surface area contributed by atoms with Crippen molar-refractivity contribution in [2.75, 3.05) is 0 Å². The SMILES string of the molecule is N#Cc1cncc(C(=O)C2CC3CCC(C2)N3C(=O)OCc2ccccc2)c1. The number of carbonyl (C=O) groups is 2. The molecule has 1 aromatic heterocycles. The zero-order chi connectivity index (χ0) is 19.5. The van der Waals surface area contributed by atoms with Crippen LogP contribution in [0.1, 0.15) is 47.2 Å². The number of piperidine rings is 1. The summed E-state index contributed by atoms with van der Waals surface area (Å²) in [6.45, 7) is 0.255. The summed E-state index contributed by atoms with van der Waals surface area (Å²) < 4.78 is 5.52. The van der Waals surface area contributed by atoms with Gasteiger partial charge in [-0.15, -0.1) is 0 Å². The molecule has 3 heterocycles. The van der Waals surface area contributed by atoms with Crippen molar-refractivity contribution in [3.05, 3.63) is 65.5 Å². The van der Waals surface area contributed by atoms with E-state index in [1.165, 1.54) is 12.4 Å². The second-order valence-electron chi connectivity index (χ2n) is 7.44. The average molecular weight is 375 g/mol. The molecule has 2 aromatic rings. The number of Topliss-reactive ketones (excluding diaryl/α,β-unsaturated/α-hetero) is 1. The second kappa shape index (κ2) is 7.81. The molecule has 28 heavy (non-hydrogen) atoms. The van der Waals surface area contributed by atoms with E-state index >= 15 is 0 Å². The fraction of sp³-hybridized carbons (Fsp3) is 0.364. The summed E-state index contributed by atoms with van der Waals surface area (Å²) in [5.41, 5.74) is 1.82. The average Bonchev–Trinajstić information content (AvgIpc) is 3.01. The molecule has 0 radical (unpaired) electrons. The van der Waals surface area contributed by atoms with Gasteiger partial charge < -0.3 is 9.64 Å². The number of nitrogens with zero attached hydrogens (tertiary/aromatic N) is 3. The predicted molar refractivity (Wildman–Crippen MR) is 101 cm³/mol. The maximum atomic E-state index is 12.9. The molecule has 1 aromatic carbocycles. The number of nitriles is 1. The van der Waals surface area contributed by atoms with Crippen molar-refractivity contribution < 1.29 is 14.3 Å². The number of carbonyl (C=O) groups excluding carboxylic acids is 2. The van der Waals surface area contributed by atoms with Crippen LogP contribution >= 0.6 is 0 Å². The van der Waals surface area contributed by atoms with Crippen LogP contribution in [0, 0.1) is 17.2 Å². The quantitative estimate of drug-likeness (QED) is 0.761. The predicted octanol–water partition coefficient (Wildman–Crippen LogP) is 3.72. The van der Waals surface area contributed by atoms with Crippen molar-refractivity contribution in [1.29, 1.82) is 5.26 Å². The van der Waals surface area contributed by atoms with Crippen molar-refractivity contribution in [3.8, 4) is 6.07 Å². The van der Waals surface area contributed by atoms with Crippen LogP contribution < -0.4 is 0 Å². The van der Waals surface area contributed by atoms with E-state index in [-0.39, 0.29) is 36.5 Å². The number of aromatic nitrogens is 1. The summed E-state index contributed by atoms with van der Waals surface area (Å²) in [5, 5.41) is 9.02. The Morgan fingerprint density at radius 1 is 1.14 bits per heavy atom. The molecule has 0 saturated carbocycles. The third-order valence-corrected chi connectivity index (χ3v) is 5.67. The van der Waals surface area contributed by atoms with E-state index in [0.717, 1.165) is 18.4 Å². The first-order chi connectivity index (χ1) is 13.7. The Morgan fingerprint density at radius 3 is 2.54 bits per heavy atom. The highest BCUT2D eigenvalue weighted by atomic mass is 16.6. The van der Waals surface area contributed by atoms with E-state index in [9.17, 15) is 9.59 Å². The number of amides is 1. The minimum absolute atomic E-state index is 0.0128. The summed E-state index contributed by atoms with van der Waals surface area (Å²) in [6.07, 6.45) is 5.73. The molecule has 6 nitrogen and oxygen atoms in total. The first kappa shape index (κ1) is 18.2. The molecule has 2 atom stereocenters. The maximum absolute atomic E-state index is 12.9. The second-order valence-corrected chi connectivity index (χ2v) is 7.44. The van der Waals surface area contributed by atoms with Gasteiger partial charge in [-0.05, 0) is 37.3 Å². The highest BCUT2D eigenvalue weighted by molar-refractivity contribution is 5.98. The summed E-state index contributed by atoms with van der Waals surface area (Å²) in [7, 11) is 0. The molecule has 0 aliphatic carbocycles. The van der Waals surface area contributed by atoms with Crippen LogP contribution in [-0.4, -0.2) is 33.8 Å². The van der Waals surface area contributed by atoms with Crippen LogP contribution in [0.2, 0.25) is 0 Å². The van der Waals surface area contributed by atoms with E-state index in [0.29, 0.717) is 24.0 Å². The smallest absolute Gasteiger partial charge is 0.410 e. The van der Waals surface area contributed by atoms with Gasteiger partial charge in [-0.1, -0.05) is 30.3 Å². The number of fused-ring (bicyclic) bond motifs is 2. The maximum Gasteiger partial charge on any atom is 0.410 e. The molecule has 2 aliphatic rings. The van der Waals surface area contributed by atoms with E-state index in [4.69, 9.17) is 10.00 Å². The summed E-state index contributed by atoms with van der Waals surface area (Å²) >= 11 is 0. The van der Waals surface area contributed by atoms with E-state index in [1.54, 1.807) is 6.07 Å². The van der Waals surface area contributed by atoms with Gasteiger partial charge in [0.2, 0.25) is 0 Å². The zero-order valence-corrected chi connectivity index (χ0v) is 15.5. The lowest BCUT2D eigenvalue weighted by Gasteiger charge is -2.37. The van der Waals surface area contributed by atoms with Crippen LogP contribution in [0.3, 0.4) is 0 Å². The van der Waals surface area contributed by atoms with Gasteiger partial charge in [-0.3, -0.25) is 9.78 Å². The van der Waals surface area contributed by atoms with Crippen LogP contribution in [-0.2, 0) is 11.3 Å². The Bertz CT molecular complexity index is 908. The minimum Gasteiger partial charge on any atom is -0.445 e. The third-order valence-electron chi connectivity index (χ3n) is 5.67. The monoisotopic (exact) mass is 375 g/mol. The Balaban J connectivity index is 1.40. The van der Waals surface area contributed by atoms with Crippen molar-refractivity contribution >= 4 is 11.9 Å². The van der Waals surface area contributed by atoms with Gasteiger partial charge in [0.1, 0.15) is 12.7 Å². The van der Waals surface area contributed by atoms with Gasteiger partial charge >= 0.3 is 6.09 Å². The molecule has 2 aliphatic heterocycles. The Labute approximate surface area is 163 Å². The van der Waals surface area contributed by atoms with E-state index < -0.39 is 0 Å². The number of hydrogen-bond acceptors (Lipinski definition) is 5. The first-order valence-corrected chi connectivity index (χ1v) is 9.54. The lowest BCUT2D eigenvalue weighted by atomic mass is 9.85. The first-order valence-electron chi connectivity index (χ1n) is 9.54. The fourth-order valence-corrected chi connectivity index (χ4v) is 4.35. The van der Waals surface area contributed by atoms with Gasteiger partial charge in [0.25, 0.3) is 0 Å². The number of ketones is 1. The molecule has 0 spiro atoms. The lowest BCUT2D eigenvalue weighted by molar-refractivity contribution is 0.0485. The Kier molecular flexibility index (Phi) is 5.07. The van der Waals surface area contributed by atoms with Crippen LogP contribution in [0.5, 0.6) is 0 Å². The van der Waals surface area contributed by atoms with Gasteiger partial charge in [0, 0.05) is 36.0 Å². The third kappa shape index (κ3) is 3.61. The van der Waals surface area contributed by atoms with Crippen LogP contribution in [0.25, 0.3) is 0 Å². The highest BCUT2D eigenvalue weighted by Gasteiger charge is 2.46. The van der Waals surface area contributed by atoms with Crippen molar-refractivity contribution in [2.45, 2.75) is 44.4 Å². The van der Waals surface area contributed by atoms with E-state index in [1.807, 2.05) is 41.3 Å². The molecular weight excluding hydrogens is 354 g/mol. The molecule has 6 heteroatoms. The molecule has 142 valence electrons.